The van der Waals surface area contributed by atoms with E-state index in [0.717, 1.165) is 24.1 Å². The van der Waals surface area contributed by atoms with Gasteiger partial charge in [-0.25, -0.2) is 4.39 Å². The highest BCUT2D eigenvalue weighted by Crippen LogP contribution is 2.40. The highest BCUT2D eigenvalue weighted by molar-refractivity contribution is 5.28. The molecule has 0 saturated heterocycles. The number of hydrogen-bond acceptors (Lipinski definition) is 1. The molecule has 1 aliphatic carbocycles. The topological polar surface area (TPSA) is 12.0 Å². The average molecular weight is 263 g/mol. The Kier molecular flexibility index (Phi) is 4.29. The summed E-state index contributed by atoms with van der Waals surface area (Å²) in [4.78, 5) is 0. The van der Waals surface area contributed by atoms with E-state index in [2.05, 4.69) is 26.1 Å². The summed E-state index contributed by atoms with van der Waals surface area (Å²) in [6, 6.07) is 5.52. The smallest absolute Gasteiger partial charge is 0.126 e. The summed E-state index contributed by atoms with van der Waals surface area (Å²) in [6.07, 6.45) is 3.55. The molecule has 1 aliphatic rings. The molecular formula is C17H26FN. The van der Waals surface area contributed by atoms with Gasteiger partial charge in [0.25, 0.3) is 0 Å². The van der Waals surface area contributed by atoms with E-state index in [9.17, 15) is 4.39 Å². The summed E-state index contributed by atoms with van der Waals surface area (Å²) in [5.41, 5.74) is 2.22. The van der Waals surface area contributed by atoms with Crippen LogP contribution in [0, 0.1) is 18.7 Å². The van der Waals surface area contributed by atoms with Crippen LogP contribution in [0.15, 0.2) is 18.2 Å². The Morgan fingerprint density at radius 1 is 1.26 bits per heavy atom. The van der Waals surface area contributed by atoms with Gasteiger partial charge in [0.1, 0.15) is 5.82 Å². The summed E-state index contributed by atoms with van der Waals surface area (Å²) >= 11 is 0. The Hall–Kier alpha value is -0.890. The lowest BCUT2D eigenvalue weighted by Gasteiger charge is -2.27. The van der Waals surface area contributed by atoms with Gasteiger partial charge in [0, 0.05) is 5.54 Å². The van der Waals surface area contributed by atoms with Crippen molar-refractivity contribution in [2.75, 3.05) is 6.54 Å². The molecule has 1 nitrogen and oxygen atoms in total. The maximum absolute atomic E-state index is 14.0. The number of rotatable bonds is 3. The number of halogens is 1. The maximum Gasteiger partial charge on any atom is 0.126 e. The standard InChI is InChI=1S/C17H26FN/c1-12-8-9-16(18)15(10-12)14-7-5-6-13(14)11-19-17(2,3)4/h8-10,13-14,19H,5-7,11H2,1-4H3. The van der Waals surface area contributed by atoms with Gasteiger partial charge >= 0.3 is 0 Å². The number of nitrogens with one attached hydrogen (secondary N) is 1. The maximum atomic E-state index is 14.0. The molecule has 0 heterocycles. The molecule has 2 unspecified atom stereocenters. The van der Waals surface area contributed by atoms with Crippen molar-refractivity contribution in [1.82, 2.24) is 5.32 Å². The molecule has 0 amide bonds. The van der Waals surface area contributed by atoms with Gasteiger partial charge in [-0.2, -0.15) is 0 Å². The van der Waals surface area contributed by atoms with Gasteiger partial charge < -0.3 is 5.32 Å². The molecule has 0 bridgehead atoms. The Bertz CT molecular complexity index is 433. The van der Waals surface area contributed by atoms with Crippen LogP contribution in [0.3, 0.4) is 0 Å². The summed E-state index contributed by atoms with van der Waals surface area (Å²) in [5.74, 6) is 0.920. The summed E-state index contributed by atoms with van der Waals surface area (Å²) in [5, 5.41) is 3.58. The molecule has 19 heavy (non-hydrogen) atoms. The van der Waals surface area contributed by atoms with Crippen LogP contribution < -0.4 is 5.32 Å². The third-order valence-corrected chi connectivity index (χ3v) is 4.10. The molecule has 1 saturated carbocycles. The first kappa shape index (κ1) is 14.5. The minimum absolute atomic E-state index is 0.0294. The van der Waals surface area contributed by atoms with Gasteiger partial charge in [-0.15, -0.1) is 0 Å². The lowest BCUT2D eigenvalue weighted by Crippen LogP contribution is -2.39. The predicted octanol–water partition coefficient (Wildman–Crippen LogP) is 4.41. The molecule has 1 aromatic rings. The normalized spacial score (nSPS) is 23.8. The minimum atomic E-state index is -0.0294. The lowest BCUT2D eigenvalue weighted by molar-refractivity contribution is 0.353. The molecule has 2 atom stereocenters. The molecule has 0 aliphatic heterocycles. The summed E-state index contributed by atoms with van der Waals surface area (Å²) in [7, 11) is 0. The third kappa shape index (κ3) is 3.79. The van der Waals surface area contributed by atoms with Crippen molar-refractivity contribution in [2.24, 2.45) is 5.92 Å². The fourth-order valence-corrected chi connectivity index (χ4v) is 3.08. The second-order valence-electron chi connectivity index (χ2n) is 6.95. The van der Waals surface area contributed by atoms with E-state index < -0.39 is 0 Å². The lowest BCUT2D eigenvalue weighted by atomic mass is 9.87. The first-order valence-electron chi connectivity index (χ1n) is 7.38. The zero-order valence-electron chi connectivity index (χ0n) is 12.6. The largest absolute Gasteiger partial charge is 0.312 e. The van der Waals surface area contributed by atoms with Crippen LogP contribution in [0.2, 0.25) is 0 Å². The molecule has 1 fully saturated rings. The van der Waals surface area contributed by atoms with Crippen molar-refractivity contribution in [3.8, 4) is 0 Å². The quantitative estimate of drug-likeness (QED) is 0.852. The predicted molar refractivity (Wildman–Crippen MR) is 79.0 cm³/mol. The van der Waals surface area contributed by atoms with Crippen LogP contribution in [0.5, 0.6) is 0 Å². The van der Waals surface area contributed by atoms with Crippen molar-refractivity contribution < 1.29 is 4.39 Å². The van der Waals surface area contributed by atoms with Gasteiger partial charge in [-0.05, 0) is 70.5 Å². The van der Waals surface area contributed by atoms with Crippen LogP contribution in [0.4, 0.5) is 4.39 Å². The minimum Gasteiger partial charge on any atom is -0.312 e. The Morgan fingerprint density at radius 3 is 2.68 bits per heavy atom. The molecule has 0 aromatic heterocycles. The van der Waals surface area contributed by atoms with Crippen LogP contribution in [-0.4, -0.2) is 12.1 Å². The van der Waals surface area contributed by atoms with Gasteiger partial charge in [-0.3, -0.25) is 0 Å². The summed E-state index contributed by atoms with van der Waals surface area (Å²) < 4.78 is 14.0. The Labute approximate surface area is 116 Å². The van der Waals surface area contributed by atoms with Crippen molar-refractivity contribution in [2.45, 2.75) is 58.4 Å². The summed E-state index contributed by atoms with van der Waals surface area (Å²) in [6.45, 7) is 9.58. The van der Waals surface area contributed by atoms with Gasteiger partial charge in [0.15, 0.2) is 0 Å². The fraction of sp³-hybridized carbons (Fsp3) is 0.647. The molecule has 1 N–H and O–H groups in total. The van der Waals surface area contributed by atoms with Gasteiger partial charge in [0.2, 0.25) is 0 Å². The van der Waals surface area contributed by atoms with Crippen molar-refractivity contribution in [3.63, 3.8) is 0 Å². The number of hydrogen-bond donors (Lipinski definition) is 1. The second kappa shape index (κ2) is 5.62. The Balaban J connectivity index is 2.12. The van der Waals surface area contributed by atoms with Crippen molar-refractivity contribution in [3.05, 3.63) is 35.1 Å². The van der Waals surface area contributed by atoms with Crippen LogP contribution in [0.25, 0.3) is 0 Å². The van der Waals surface area contributed by atoms with E-state index in [1.54, 1.807) is 6.07 Å². The SMILES string of the molecule is Cc1ccc(F)c(C2CCCC2CNC(C)(C)C)c1. The zero-order chi connectivity index (χ0) is 14.0. The van der Waals surface area contributed by atoms with E-state index >= 15 is 0 Å². The van der Waals surface area contributed by atoms with E-state index in [1.165, 1.54) is 12.8 Å². The number of aryl methyl sites for hydroxylation is 1. The van der Waals surface area contributed by atoms with Crippen molar-refractivity contribution in [1.29, 1.82) is 0 Å². The molecule has 0 radical (unpaired) electrons. The molecule has 106 valence electrons. The Morgan fingerprint density at radius 2 is 2.00 bits per heavy atom. The fourth-order valence-electron chi connectivity index (χ4n) is 3.08. The van der Waals surface area contributed by atoms with Gasteiger partial charge in [0.05, 0.1) is 0 Å². The zero-order valence-corrected chi connectivity index (χ0v) is 12.6. The van der Waals surface area contributed by atoms with Crippen molar-refractivity contribution >= 4 is 0 Å². The molecule has 0 spiro atoms. The van der Waals surface area contributed by atoms with E-state index in [1.807, 2.05) is 19.1 Å². The van der Waals surface area contributed by atoms with E-state index in [0.29, 0.717) is 11.8 Å². The second-order valence-corrected chi connectivity index (χ2v) is 6.95. The third-order valence-electron chi connectivity index (χ3n) is 4.10. The van der Waals surface area contributed by atoms with E-state index in [-0.39, 0.29) is 11.4 Å². The molecular weight excluding hydrogens is 237 g/mol. The highest BCUT2D eigenvalue weighted by Gasteiger charge is 2.31. The van der Waals surface area contributed by atoms with Gasteiger partial charge in [-0.1, -0.05) is 24.1 Å². The first-order chi connectivity index (χ1) is 8.87. The van der Waals surface area contributed by atoms with Crippen LogP contribution in [0.1, 0.15) is 57.1 Å². The molecule has 2 heteroatoms. The first-order valence-corrected chi connectivity index (χ1v) is 7.38. The van der Waals surface area contributed by atoms with E-state index in [4.69, 9.17) is 0 Å². The number of benzene rings is 1. The average Bonchev–Trinajstić information content (AvgIpc) is 2.77. The molecule has 1 aromatic carbocycles. The van der Waals surface area contributed by atoms with Crippen LogP contribution in [-0.2, 0) is 0 Å². The molecule has 2 rings (SSSR count). The monoisotopic (exact) mass is 263 g/mol. The van der Waals surface area contributed by atoms with Crippen LogP contribution >= 0.6 is 0 Å². The highest BCUT2D eigenvalue weighted by atomic mass is 19.1.